The van der Waals surface area contributed by atoms with Crippen LogP contribution >= 0.6 is 11.6 Å². The Balaban J connectivity index is 1.50. The first kappa shape index (κ1) is 23.8. The number of hydrogen-bond donors (Lipinski definition) is 2. The molecule has 178 valence electrons. The molecular weight excluding hydrogens is 477 g/mol. The van der Waals surface area contributed by atoms with Crippen LogP contribution in [0.15, 0.2) is 72.3 Å². The van der Waals surface area contributed by atoms with E-state index in [1.165, 1.54) is 49.6 Å². The van der Waals surface area contributed by atoms with E-state index in [1.54, 1.807) is 30.3 Å². The number of carbonyl (C=O) groups is 3. The fourth-order valence-electron chi connectivity index (χ4n) is 3.35. The molecule has 0 atom stereocenters. The van der Waals surface area contributed by atoms with Crippen LogP contribution in [0.3, 0.4) is 0 Å². The van der Waals surface area contributed by atoms with Gasteiger partial charge >= 0.3 is 0 Å². The van der Waals surface area contributed by atoms with Gasteiger partial charge in [0, 0.05) is 5.69 Å². The first-order chi connectivity index (χ1) is 16.9. The van der Waals surface area contributed by atoms with Crippen molar-refractivity contribution in [3.05, 3.63) is 88.7 Å². The van der Waals surface area contributed by atoms with E-state index >= 15 is 0 Å². The maximum Gasteiger partial charge on any atom is 0.282 e. The summed E-state index contributed by atoms with van der Waals surface area (Å²) in [4.78, 5) is 37.4. The Hall–Kier alpha value is -4.37. The van der Waals surface area contributed by atoms with Gasteiger partial charge in [-0.3, -0.25) is 19.8 Å². The van der Waals surface area contributed by atoms with Crippen molar-refractivity contribution in [2.45, 2.75) is 0 Å². The fourth-order valence-corrected chi connectivity index (χ4v) is 3.62. The third-order valence-corrected chi connectivity index (χ3v) is 5.21. The number of methoxy groups -OCH3 is 1. The summed E-state index contributed by atoms with van der Waals surface area (Å²) >= 11 is 6.35. The van der Waals surface area contributed by atoms with Crippen LogP contribution in [0.4, 0.5) is 15.8 Å². The molecule has 1 aliphatic heterocycles. The third kappa shape index (κ3) is 5.42. The molecule has 3 amide bonds. The molecule has 3 aromatic carbocycles. The van der Waals surface area contributed by atoms with Crippen LogP contribution in [0, 0.1) is 5.82 Å². The lowest BCUT2D eigenvalue weighted by Crippen LogP contribution is -2.35. The van der Waals surface area contributed by atoms with Gasteiger partial charge in [-0.2, -0.15) is 0 Å². The summed E-state index contributed by atoms with van der Waals surface area (Å²) in [6, 6.07) is 17.1. The van der Waals surface area contributed by atoms with E-state index in [0.717, 1.165) is 5.01 Å². The molecule has 1 fully saturated rings. The minimum absolute atomic E-state index is 0.0879. The highest BCUT2D eigenvalue weighted by Crippen LogP contribution is 2.37. The minimum Gasteiger partial charge on any atom is -0.493 e. The molecule has 0 aromatic heterocycles. The van der Waals surface area contributed by atoms with Gasteiger partial charge in [-0.15, -0.1) is 0 Å². The topological polar surface area (TPSA) is 97.0 Å². The van der Waals surface area contributed by atoms with Gasteiger partial charge in [0.2, 0.25) is 0 Å². The Labute approximate surface area is 204 Å². The lowest BCUT2D eigenvalue weighted by Gasteiger charge is -2.14. The highest BCUT2D eigenvalue weighted by molar-refractivity contribution is 6.33. The predicted molar refractivity (Wildman–Crippen MR) is 129 cm³/mol. The molecule has 35 heavy (non-hydrogen) atoms. The zero-order valence-electron chi connectivity index (χ0n) is 18.4. The number of para-hydroxylation sites is 1. The van der Waals surface area contributed by atoms with E-state index in [9.17, 15) is 18.8 Å². The normalized spacial score (nSPS) is 14.1. The molecule has 0 bridgehead atoms. The average Bonchev–Trinajstić information content (AvgIpc) is 3.12. The largest absolute Gasteiger partial charge is 0.493 e. The van der Waals surface area contributed by atoms with E-state index in [4.69, 9.17) is 21.1 Å². The van der Waals surface area contributed by atoms with Crippen molar-refractivity contribution in [3.8, 4) is 11.5 Å². The molecule has 0 unspecified atom stereocenters. The van der Waals surface area contributed by atoms with Crippen molar-refractivity contribution >= 4 is 46.8 Å². The number of benzene rings is 3. The number of amides is 3. The summed E-state index contributed by atoms with van der Waals surface area (Å²) in [5.41, 5.74) is 3.65. The average molecular weight is 496 g/mol. The Morgan fingerprint density at radius 2 is 1.89 bits per heavy atom. The highest BCUT2D eigenvalue weighted by Gasteiger charge is 2.34. The first-order valence-electron chi connectivity index (χ1n) is 10.3. The van der Waals surface area contributed by atoms with E-state index in [1.807, 2.05) is 0 Å². The van der Waals surface area contributed by atoms with Crippen molar-refractivity contribution in [1.29, 1.82) is 0 Å². The van der Waals surface area contributed by atoms with Crippen molar-refractivity contribution in [1.82, 2.24) is 5.43 Å². The summed E-state index contributed by atoms with van der Waals surface area (Å²) in [6.45, 7) is -0.417. The molecule has 1 aliphatic rings. The molecule has 0 radical (unpaired) electrons. The second kappa shape index (κ2) is 10.3. The Bertz CT molecular complexity index is 1330. The van der Waals surface area contributed by atoms with Gasteiger partial charge < -0.3 is 14.8 Å². The smallest absolute Gasteiger partial charge is 0.282 e. The van der Waals surface area contributed by atoms with E-state index < -0.39 is 30.1 Å². The highest BCUT2D eigenvalue weighted by atomic mass is 35.5. The van der Waals surface area contributed by atoms with Crippen molar-refractivity contribution in [2.24, 2.45) is 0 Å². The maximum absolute atomic E-state index is 13.3. The lowest BCUT2D eigenvalue weighted by molar-refractivity contribution is -0.118. The molecule has 2 N–H and O–H groups in total. The van der Waals surface area contributed by atoms with Crippen molar-refractivity contribution in [3.63, 3.8) is 0 Å². The maximum atomic E-state index is 13.3. The third-order valence-electron chi connectivity index (χ3n) is 4.92. The van der Waals surface area contributed by atoms with Gasteiger partial charge in [-0.05, 0) is 54.1 Å². The van der Waals surface area contributed by atoms with Crippen LogP contribution in [-0.4, -0.2) is 31.4 Å². The van der Waals surface area contributed by atoms with Gasteiger partial charge in [0.25, 0.3) is 17.7 Å². The number of halogens is 2. The summed E-state index contributed by atoms with van der Waals surface area (Å²) in [7, 11) is 1.38. The molecule has 0 aliphatic carbocycles. The second-order valence-corrected chi connectivity index (χ2v) is 7.76. The SMILES string of the molecule is COc1cc(/C=C2/C(=O)NN(c3ccccc3)C2=O)cc(Cl)c1OCC(=O)Nc1cccc(F)c1. The minimum atomic E-state index is -0.566. The predicted octanol–water partition coefficient (Wildman–Crippen LogP) is 3.97. The van der Waals surface area contributed by atoms with Gasteiger partial charge in [0.1, 0.15) is 11.4 Å². The monoisotopic (exact) mass is 495 g/mol. The number of rotatable bonds is 7. The summed E-state index contributed by atoms with van der Waals surface area (Å²) in [5, 5.41) is 3.77. The number of carbonyl (C=O) groups excluding carboxylic acids is 3. The van der Waals surface area contributed by atoms with Gasteiger partial charge in [-0.1, -0.05) is 35.9 Å². The second-order valence-electron chi connectivity index (χ2n) is 7.36. The number of hydrogen-bond acceptors (Lipinski definition) is 5. The van der Waals surface area contributed by atoms with Gasteiger partial charge in [0.05, 0.1) is 17.8 Å². The molecule has 4 rings (SSSR count). The molecular formula is C25H19ClFN3O5. The lowest BCUT2D eigenvalue weighted by atomic mass is 10.1. The van der Waals surface area contributed by atoms with Crippen LogP contribution in [-0.2, 0) is 14.4 Å². The number of ether oxygens (including phenoxy) is 2. The Morgan fingerprint density at radius 1 is 1.11 bits per heavy atom. The summed E-state index contributed by atoms with van der Waals surface area (Å²) in [6.07, 6.45) is 1.38. The Kier molecular flexibility index (Phi) is 6.98. The summed E-state index contributed by atoms with van der Waals surface area (Å²) in [5.74, 6) is -1.82. The number of nitrogens with one attached hydrogen (secondary N) is 2. The van der Waals surface area contributed by atoms with Gasteiger partial charge in [0.15, 0.2) is 18.1 Å². The molecule has 10 heteroatoms. The fraction of sp³-hybridized carbons (Fsp3) is 0.0800. The van der Waals surface area contributed by atoms with Crippen LogP contribution in [0.2, 0.25) is 5.02 Å². The summed E-state index contributed by atoms with van der Waals surface area (Å²) < 4.78 is 24.1. The zero-order valence-corrected chi connectivity index (χ0v) is 19.1. The van der Waals surface area contributed by atoms with Crippen molar-refractivity contribution in [2.75, 3.05) is 24.0 Å². The number of nitrogens with zero attached hydrogens (tertiary/aromatic N) is 1. The molecule has 0 saturated carbocycles. The van der Waals surface area contributed by atoms with Crippen LogP contribution in [0.5, 0.6) is 11.5 Å². The quantitative estimate of drug-likeness (QED) is 0.382. The van der Waals surface area contributed by atoms with Gasteiger partial charge in [-0.25, -0.2) is 9.40 Å². The van der Waals surface area contributed by atoms with E-state index in [0.29, 0.717) is 11.3 Å². The standard InChI is InChI=1S/C25H19ClFN3O5/c1-34-21-12-15(10-19-24(32)29-30(25(19)33)18-8-3-2-4-9-18)11-20(26)23(21)35-14-22(31)28-17-7-5-6-16(27)13-17/h2-13H,14H2,1H3,(H,28,31)(H,29,32)/b19-10-. The molecule has 1 saturated heterocycles. The van der Waals surface area contributed by atoms with Crippen molar-refractivity contribution < 1.29 is 28.2 Å². The number of hydrazine groups is 1. The zero-order chi connectivity index (χ0) is 24.9. The van der Waals surface area contributed by atoms with E-state index in [2.05, 4.69) is 10.7 Å². The molecule has 1 heterocycles. The number of anilines is 2. The molecule has 8 nitrogen and oxygen atoms in total. The van der Waals surface area contributed by atoms with Crippen LogP contribution in [0.25, 0.3) is 6.08 Å². The molecule has 3 aromatic rings. The Morgan fingerprint density at radius 3 is 2.60 bits per heavy atom. The van der Waals surface area contributed by atoms with E-state index in [-0.39, 0.29) is 27.8 Å². The van der Waals surface area contributed by atoms with Crippen LogP contribution in [0.1, 0.15) is 5.56 Å². The molecule has 0 spiro atoms. The van der Waals surface area contributed by atoms with Crippen LogP contribution < -0.4 is 25.2 Å². The first-order valence-corrected chi connectivity index (χ1v) is 10.7.